The van der Waals surface area contributed by atoms with Gasteiger partial charge in [-0.2, -0.15) is 0 Å². The van der Waals surface area contributed by atoms with Gasteiger partial charge in [-0.1, -0.05) is 28.9 Å². The summed E-state index contributed by atoms with van der Waals surface area (Å²) in [7, 11) is 0. The van der Waals surface area contributed by atoms with Gasteiger partial charge in [0.1, 0.15) is 5.82 Å². The smallest absolute Gasteiger partial charge is 0.124 e. The molecule has 1 aromatic rings. The van der Waals surface area contributed by atoms with Crippen molar-refractivity contribution in [3.05, 3.63) is 34.1 Å². The van der Waals surface area contributed by atoms with E-state index in [2.05, 4.69) is 15.9 Å². The van der Waals surface area contributed by atoms with Crippen molar-refractivity contribution >= 4 is 15.9 Å². The number of halogens is 2. The lowest BCUT2D eigenvalue weighted by molar-refractivity contribution is 0.173. The van der Waals surface area contributed by atoms with Crippen LogP contribution in [0.5, 0.6) is 0 Å². The Hall–Kier alpha value is -0.410. The van der Waals surface area contributed by atoms with Gasteiger partial charge in [-0.05, 0) is 24.1 Å². The molecule has 0 aliphatic carbocycles. The molecule has 66 valence electrons. The molecule has 1 atom stereocenters. The Morgan fingerprint density at radius 1 is 1.58 bits per heavy atom. The molecule has 0 aliphatic rings. The highest BCUT2D eigenvalue weighted by molar-refractivity contribution is 9.10. The van der Waals surface area contributed by atoms with E-state index in [1.54, 1.807) is 6.07 Å². The summed E-state index contributed by atoms with van der Waals surface area (Å²) >= 11 is 3.19. The van der Waals surface area contributed by atoms with Crippen molar-refractivity contribution in [3.63, 3.8) is 0 Å². The van der Waals surface area contributed by atoms with Crippen LogP contribution in [0.25, 0.3) is 0 Å². The molecule has 0 spiro atoms. The van der Waals surface area contributed by atoms with Crippen molar-refractivity contribution in [1.29, 1.82) is 0 Å². The van der Waals surface area contributed by atoms with Gasteiger partial charge in [0, 0.05) is 4.47 Å². The molecule has 1 N–H and O–H groups in total. The molecule has 0 heterocycles. The van der Waals surface area contributed by atoms with E-state index >= 15 is 0 Å². The molecule has 0 aliphatic heterocycles. The van der Waals surface area contributed by atoms with Gasteiger partial charge in [-0.15, -0.1) is 0 Å². The fraction of sp³-hybridized carbons (Fsp3) is 0.333. The van der Waals surface area contributed by atoms with Crippen LogP contribution in [0.4, 0.5) is 4.39 Å². The molecule has 1 aromatic carbocycles. The lowest BCUT2D eigenvalue weighted by Crippen LogP contribution is -1.96. The summed E-state index contributed by atoms with van der Waals surface area (Å²) in [5, 5.41) is 9.45. The highest BCUT2D eigenvalue weighted by atomic mass is 79.9. The van der Waals surface area contributed by atoms with Crippen molar-refractivity contribution in [2.24, 2.45) is 0 Å². The minimum atomic E-state index is -0.514. The molecule has 1 nitrogen and oxygen atoms in total. The minimum absolute atomic E-state index is 0.297. The van der Waals surface area contributed by atoms with E-state index in [1.165, 1.54) is 12.1 Å². The van der Waals surface area contributed by atoms with Gasteiger partial charge in [0.05, 0.1) is 6.10 Å². The number of hydrogen-bond acceptors (Lipinski definition) is 1. The van der Waals surface area contributed by atoms with Crippen LogP contribution in [0.15, 0.2) is 22.7 Å². The third kappa shape index (κ3) is 2.05. The van der Waals surface area contributed by atoms with Crippen LogP contribution in [0.2, 0.25) is 0 Å². The topological polar surface area (TPSA) is 20.2 Å². The molecule has 1 rings (SSSR count). The maximum atomic E-state index is 12.6. The molecule has 0 radical (unpaired) electrons. The number of rotatable bonds is 2. The lowest BCUT2D eigenvalue weighted by atomic mass is 10.1. The highest BCUT2D eigenvalue weighted by Gasteiger charge is 2.08. The van der Waals surface area contributed by atoms with Crippen molar-refractivity contribution in [2.75, 3.05) is 0 Å². The summed E-state index contributed by atoms with van der Waals surface area (Å²) in [6.45, 7) is 1.88. The summed E-state index contributed by atoms with van der Waals surface area (Å²) in [6.07, 6.45) is 0.115. The van der Waals surface area contributed by atoms with Gasteiger partial charge in [0.25, 0.3) is 0 Å². The van der Waals surface area contributed by atoms with Crippen LogP contribution < -0.4 is 0 Å². The molecule has 3 heteroatoms. The summed E-state index contributed by atoms with van der Waals surface area (Å²) in [5.41, 5.74) is 0.735. The third-order valence-electron chi connectivity index (χ3n) is 1.71. The Bertz CT molecular complexity index is 275. The fourth-order valence-corrected chi connectivity index (χ4v) is 1.61. The van der Waals surface area contributed by atoms with Gasteiger partial charge >= 0.3 is 0 Å². The van der Waals surface area contributed by atoms with Crippen LogP contribution in [0.1, 0.15) is 25.0 Å². The Balaban J connectivity index is 3.01. The van der Waals surface area contributed by atoms with E-state index in [4.69, 9.17) is 0 Å². The lowest BCUT2D eigenvalue weighted by Gasteiger charge is -2.09. The molecule has 0 amide bonds. The van der Waals surface area contributed by atoms with Crippen molar-refractivity contribution < 1.29 is 9.50 Å². The highest BCUT2D eigenvalue weighted by Crippen LogP contribution is 2.25. The van der Waals surface area contributed by atoms with Gasteiger partial charge < -0.3 is 5.11 Å². The fourth-order valence-electron chi connectivity index (χ4n) is 0.992. The van der Waals surface area contributed by atoms with E-state index in [0.717, 1.165) is 5.56 Å². The second kappa shape index (κ2) is 4.01. The van der Waals surface area contributed by atoms with E-state index < -0.39 is 6.10 Å². The van der Waals surface area contributed by atoms with Crippen LogP contribution in [-0.2, 0) is 0 Å². The first kappa shape index (κ1) is 9.68. The first-order chi connectivity index (χ1) is 5.65. The molecular formula is C9H10BrFO. The zero-order valence-corrected chi connectivity index (χ0v) is 8.31. The van der Waals surface area contributed by atoms with E-state index in [1.807, 2.05) is 6.92 Å². The maximum absolute atomic E-state index is 12.6. The first-order valence-corrected chi connectivity index (χ1v) is 4.57. The Labute approximate surface area is 79.4 Å². The van der Waals surface area contributed by atoms with E-state index in [-0.39, 0.29) is 5.82 Å². The molecule has 0 fully saturated rings. The summed E-state index contributed by atoms with van der Waals surface area (Å²) in [6, 6.07) is 4.29. The Morgan fingerprint density at radius 3 is 2.75 bits per heavy atom. The van der Waals surface area contributed by atoms with Gasteiger partial charge in [0.15, 0.2) is 0 Å². The number of aliphatic hydroxyl groups excluding tert-OH is 1. The quantitative estimate of drug-likeness (QED) is 0.832. The number of hydrogen-bond donors (Lipinski definition) is 1. The second-order valence-electron chi connectivity index (χ2n) is 2.59. The first-order valence-electron chi connectivity index (χ1n) is 3.78. The van der Waals surface area contributed by atoms with Crippen LogP contribution >= 0.6 is 15.9 Å². The largest absolute Gasteiger partial charge is 0.388 e. The summed E-state index contributed by atoms with van der Waals surface area (Å²) in [5.74, 6) is -0.297. The predicted octanol–water partition coefficient (Wildman–Crippen LogP) is 3.03. The standard InChI is InChI=1S/C9H10BrFO/c1-2-9(12)7-4-3-6(11)5-8(7)10/h3-5,9,12H,2H2,1H3. The van der Waals surface area contributed by atoms with Crippen molar-refractivity contribution in [2.45, 2.75) is 19.4 Å². The Kier molecular flexibility index (Phi) is 3.23. The van der Waals surface area contributed by atoms with Crippen LogP contribution in [-0.4, -0.2) is 5.11 Å². The second-order valence-corrected chi connectivity index (χ2v) is 3.44. The SMILES string of the molecule is CCC(O)c1ccc(F)cc1Br. The molecule has 1 unspecified atom stereocenters. The molecule has 0 bridgehead atoms. The average Bonchev–Trinajstić information content (AvgIpc) is 2.03. The molecule has 0 saturated heterocycles. The predicted molar refractivity (Wildman–Crippen MR) is 49.4 cm³/mol. The van der Waals surface area contributed by atoms with Crippen molar-refractivity contribution in [1.82, 2.24) is 0 Å². The van der Waals surface area contributed by atoms with Gasteiger partial charge in [-0.25, -0.2) is 4.39 Å². The Morgan fingerprint density at radius 2 is 2.25 bits per heavy atom. The third-order valence-corrected chi connectivity index (χ3v) is 2.39. The molecular weight excluding hydrogens is 223 g/mol. The van der Waals surface area contributed by atoms with Gasteiger partial charge in [0.2, 0.25) is 0 Å². The van der Waals surface area contributed by atoms with Crippen molar-refractivity contribution in [3.8, 4) is 0 Å². The maximum Gasteiger partial charge on any atom is 0.124 e. The zero-order valence-electron chi connectivity index (χ0n) is 6.72. The minimum Gasteiger partial charge on any atom is -0.388 e. The zero-order chi connectivity index (χ0) is 9.14. The molecule has 12 heavy (non-hydrogen) atoms. The normalized spacial score (nSPS) is 13.0. The summed E-state index contributed by atoms with van der Waals surface area (Å²) < 4.78 is 13.2. The number of benzene rings is 1. The summed E-state index contributed by atoms with van der Waals surface area (Å²) in [4.78, 5) is 0. The average molecular weight is 233 g/mol. The monoisotopic (exact) mass is 232 g/mol. The molecule has 0 aromatic heterocycles. The number of aliphatic hydroxyl groups is 1. The van der Waals surface area contributed by atoms with Crippen LogP contribution in [0, 0.1) is 5.82 Å². The van der Waals surface area contributed by atoms with Gasteiger partial charge in [-0.3, -0.25) is 0 Å². The van der Waals surface area contributed by atoms with E-state index in [0.29, 0.717) is 10.9 Å². The van der Waals surface area contributed by atoms with E-state index in [9.17, 15) is 9.50 Å². The van der Waals surface area contributed by atoms with Crippen LogP contribution in [0.3, 0.4) is 0 Å². The molecule has 0 saturated carbocycles.